The number of nitrogens with zero attached hydrogens (tertiary/aromatic N) is 1. The molecule has 1 aromatic carbocycles. The predicted molar refractivity (Wildman–Crippen MR) is 105 cm³/mol. The highest BCUT2D eigenvalue weighted by molar-refractivity contribution is 5.96. The molecule has 2 unspecified atom stereocenters. The van der Waals surface area contributed by atoms with Gasteiger partial charge >= 0.3 is 24.5 Å². The minimum absolute atomic E-state index is 0.0186. The van der Waals surface area contributed by atoms with Gasteiger partial charge in [0.05, 0.1) is 12.2 Å². The Balaban J connectivity index is 2.24. The van der Waals surface area contributed by atoms with Crippen LogP contribution in [0.2, 0.25) is 0 Å². The number of halogens is 6. The topological polar surface area (TPSA) is 123 Å². The van der Waals surface area contributed by atoms with Crippen LogP contribution >= 0.6 is 0 Å². The van der Waals surface area contributed by atoms with Gasteiger partial charge < -0.3 is 23.8 Å². The van der Waals surface area contributed by atoms with Crippen LogP contribution in [-0.4, -0.2) is 48.6 Å². The zero-order valence-electron chi connectivity index (χ0n) is 18.6. The number of benzene rings is 1. The van der Waals surface area contributed by atoms with E-state index in [2.05, 4.69) is 9.57 Å². The van der Waals surface area contributed by atoms with Crippen LogP contribution in [0.5, 0.6) is 11.5 Å². The molecule has 1 aliphatic heterocycles. The van der Waals surface area contributed by atoms with Gasteiger partial charge in [0.25, 0.3) is 5.09 Å². The number of ether oxygens (including phenoxy) is 4. The van der Waals surface area contributed by atoms with Crippen LogP contribution in [0.1, 0.15) is 37.8 Å². The zero-order chi connectivity index (χ0) is 27.3. The van der Waals surface area contributed by atoms with Crippen molar-refractivity contribution in [3.05, 3.63) is 38.9 Å². The number of carbonyl (C=O) groups excluding carboxylic acids is 2. The Morgan fingerprint density at radius 1 is 1.17 bits per heavy atom. The van der Waals surface area contributed by atoms with Crippen LogP contribution < -0.4 is 9.47 Å². The number of aryl methyl sites for hydroxylation is 1. The fraction of sp³-hybridized carbons (Fsp3) is 0.500. The van der Waals surface area contributed by atoms with Crippen molar-refractivity contribution in [2.45, 2.75) is 58.0 Å². The molecule has 36 heavy (non-hydrogen) atoms. The molecule has 1 aliphatic rings. The summed E-state index contributed by atoms with van der Waals surface area (Å²) in [4.78, 5) is 38.2. The Kier molecular flexibility index (Phi) is 8.99. The standard InChI is InChI=1S/C20H19F6NO9/c1-3-11-7-13(36-20(24,25)26)8-12-9-14(17(19(21,22)23)35-16(11)12)18(29)34-10(2)33-15(28)5-4-6-32-27(30)31/h7-10,17H,3-6H2,1-2H3. The third kappa shape index (κ3) is 8.20. The van der Waals surface area contributed by atoms with Gasteiger partial charge in [-0.05, 0) is 36.6 Å². The van der Waals surface area contributed by atoms with Crippen molar-refractivity contribution in [2.75, 3.05) is 6.61 Å². The summed E-state index contributed by atoms with van der Waals surface area (Å²) >= 11 is 0. The van der Waals surface area contributed by atoms with Gasteiger partial charge in [-0.1, -0.05) is 6.92 Å². The molecule has 0 radical (unpaired) electrons. The molecular formula is C20H19F6NO9. The molecule has 0 bridgehead atoms. The van der Waals surface area contributed by atoms with Gasteiger partial charge in [0.1, 0.15) is 11.5 Å². The van der Waals surface area contributed by atoms with Gasteiger partial charge in [0.15, 0.2) is 0 Å². The van der Waals surface area contributed by atoms with Crippen molar-refractivity contribution in [1.29, 1.82) is 0 Å². The van der Waals surface area contributed by atoms with Crippen LogP contribution in [0, 0.1) is 10.1 Å². The normalized spacial score (nSPS) is 16.1. The van der Waals surface area contributed by atoms with E-state index >= 15 is 0 Å². The second-order valence-corrected chi connectivity index (χ2v) is 7.16. The molecule has 0 amide bonds. The molecule has 0 aromatic heterocycles. The van der Waals surface area contributed by atoms with E-state index in [4.69, 9.17) is 14.2 Å². The Morgan fingerprint density at radius 3 is 2.39 bits per heavy atom. The van der Waals surface area contributed by atoms with Crippen molar-refractivity contribution >= 4 is 18.0 Å². The highest BCUT2D eigenvalue weighted by atomic mass is 19.4. The van der Waals surface area contributed by atoms with Gasteiger partial charge in [-0.25, -0.2) is 4.79 Å². The van der Waals surface area contributed by atoms with Crippen molar-refractivity contribution < 1.29 is 64.8 Å². The van der Waals surface area contributed by atoms with E-state index in [1.54, 1.807) is 0 Å². The highest BCUT2D eigenvalue weighted by Gasteiger charge is 2.49. The number of hydrogen-bond donors (Lipinski definition) is 0. The maximum absolute atomic E-state index is 13.7. The van der Waals surface area contributed by atoms with Crippen LogP contribution in [0.3, 0.4) is 0 Å². The van der Waals surface area contributed by atoms with Crippen LogP contribution in [0.25, 0.3) is 6.08 Å². The molecule has 16 heteroatoms. The fourth-order valence-corrected chi connectivity index (χ4v) is 3.07. The van der Waals surface area contributed by atoms with Gasteiger partial charge in [-0.3, -0.25) is 4.79 Å². The summed E-state index contributed by atoms with van der Waals surface area (Å²) in [7, 11) is 0. The number of carbonyl (C=O) groups is 2. The lowest BCUT2D eigenvalue weighted by Gasteiger charge is -2.30. The second-order valence-electron chi connectivity index (χ2n) is 7.16. The molecule has 1 heterocycles. The first-order valence-corrected chi connectivity index (χ1v) is 10.2. The van der Waals surface area contributed by atoms with Crippen LogP contribution in [-0.2, 0) is 30.3 Å². The van der Waals surface area contributed by atoms with Crippen LogP contribution in [0.4, 0.5) is 26.3 Å². The van der Waals surface area contributed by atoms with E-state index in [1.807, 2.05) is 0 Å². The lowest BCUT2D eigenvalue weighted by molar-refractivity contribution is -0.757. The first-order chi connectivity index (χ1) is 16.6. The van der Waals surface area contributed by atoms with Crippen molar-refractivity contribution in [2.24, 2.45) is 0 Å². The van der Waals surface area contributed by atoms with Crippen molar-refractivity contribution in [3.63, 3.8) is 0 Å². The third-order valence-electron chi connectivity index (χ3n) is 4.44. The van der Waals surface area contributed by atoms with E-state index in [-0.39, 0.29) is 36.1 Å². The molecule has 0 saturated carbocycles. The van der Waals surface area contributed by atoms with E-state index in [1.165, 1.54) is 6.92 Å². The molecule has 0 N–H and O–H groups in total. The predicted octanol–water partition coefficient (Wildman–Crippen LogP) is 4.28. The fourth-order valence-electron chi connectivity index (χ4n) is 3.07. The molecule has 0 saturated heterocycles. The summed E-state index contributed by atoms with van der Waals surface area (Å²) in [5.41, 5.74) is -1.44. The molecule has 0 spiro atoms. The summed E-state index contributed by atoms with van der Waals surface area (Å²) in [5, 5.41) is 8.96. The first-order valence-electron chi connectivity index (χ1n) is 10.2. The summed E-state index contributed by atoms with van der Waals surface area (Å²) in [6.45, 7) is 2.06. The SMILES string of the molecule is CCc1cc(OC(F)(F)F)cc2c1OC(C(F)(F)F)C(C(=O)OC(C)OC(=O)CCCO[N+](=O)[O-])=C2. The number of fused-ring (bicyclic) bond motifs is 1. The van der Waals surface area contributed by atoms with Gasteiger partial charge in [0, 0.05) is 18.9 Å². The summed E-state index contributed by atoms with van der Waals surface area (Å²) in [6, 6.07) is 1.62. The molecule has 0 aliphatic carbocycles. The molecule has 0 fully saturated rings. The van der Waals surface area contributed by atoms with Gasteiger partial charge in [-0.15, -0.1) is 23.3 Å². The molecule has 10 nitrogen and oxygen atoms in total. The first kappa shape index (κ1) is 28.5. The molecule has 2 atom stereocenters. The number of alkyl halides is 6. The number of hydrogen-bond acceptors (Lipinski definition) is 9. The van der Waals surface area contributed by atoms with Crippen molar-refractivity contribution in [1.82, 2.24) is 0 Å². The number of rotatable bonds is 10. The molecular weight excluding hydrogens is 512 g/mol. The largest absolute Gasteiger partial charge is 0.573 e. The minimum Gasteiger partial charge on any atom is -0.475 e. The van der Waals surface area contributed by atoms with Crippen LogP contribution in [0.15, 0.2) is 17.7 Å². The maximum Gasteiger partial charge on any atom is 0.573 e. The average Bonchev–Trinajstić information content (AvgIpc) is 2.73. The quantitative estimate of drug-likeness (QED) is 0.109. The van der Waals surface area contributed by atoms with Crippen molar-refractivity contribution in [3.8, 4) is 11.5 Å². The lowest BCUT2D eigenvalue weighted by Crippen LogP contribution is -2.41. The lowest BCUT2D eigenvalue weighted by atomic mass is 9.97. The van der Waals surface area contributed by atoms with Gasteiger partial charge in [0.2, 0.25) is 12.4 Å². The molecule has 2 rings (SSSR count). The Morgan fingerprint density at radius 2 is 1.83 bits per heavy atom. The summed E-state index contributed by atoms with van der Waals surface area (Å²) in [6.07, 6.45) is -14.6. The monoisotopic (exact) mass is 531 g/mol. The minimum atomic E-state index is -5.12. The Hall–Kier alpha value is -3.72. The smallest absolute Gasteiger partial charge is 0.475 e. The highest BCUT2D eigenvalue weighted by Crippen LogP contribution is 2.42. The van der Waals surface area contributed by atoms with Gasteiger partial charge in [-0.2, -0.15) is 13.2 Å². The van der Waals surface area contributed by atoms with E-state index in [0.29, 0.717) is 6.08 Å². The number of esters is 2. The van der Waals surface area contributed by atoms with E-state index in [9.17, 15) is 46.0 Å². The Labute approximate surface area is 198 Å². The van der Waals surface area contributed by atoms with E-state index < -0.39 is 59.9 Å². The molecule has 200 valence electrons. The second kappa shape index (κ2) is 11.3. The van der Waals surface area contributed by atoms with E-state index in [0.717, 1.165) is 19.1 Å². The average molecular weight is 531 g/mol. The third-order valence-corrected chi connectivity index (χ3v) is 4.44. The summed E-state index contributed by atoms with van der Waals surface area (Å²) in [5.74, 6) is -3.72. The Bertz CT molecular complexity index is 1020. The molecule has 1 aromatic rings. The summed E-state index contributed by atoms with van der Waals surface area (Å²) < 4.78 is 97.2. The maximum atomic E-state index is 13.7. The zero-order valence-corrected chi connectivity index (χ0v) is 18.6.